The van der Waals surface area contributed by atoms with Gasteiger partial charge in [-0.25, -0.2) is 4.79 Å². The SMILES string of the molecule is C/C=C/C=C/C(=O)OCC(=O)Nc1ccc([N+](=O)[O-])cc1C. The van der Waals surface area contributed by atoms with Gasteiger partial charge in [-0.05, 0) is 25.5 Å². The minimum absolute atomic E-state index is 0.0592. The van der Waals surface area contributed by atoms with Gasteiger partial charge in [-0.1, -0.05) is 18.2 Å². The van der Waals surface area contributed by atoms with Gasteiger partial charge in [0, 0.05) is 23.9 Å². The number of amides is 1. The number of hydrogen-bond acceptors (Lipinski definition) is 5. The second-order valence-corrected chi connectivity index (χ2v) is 4.30. The van der Waals surface area contributed by atoms with Crippen LogP contribution in [0.25, 0.3) is 0 Å². The van der Waals surface area contributed by atoms with E-state index in [-0.39, 0.29) is 5.69 Å². The van der Waals surface area contributed by atoms with E-state index < -0.39 is 23.4 Å². The van der Waals surface area contributed by atoms with E-state index in [0.29, 0.717) is 11.3 Å². The van der Waals surface area contributed by atoms with Gasteiger partial charge in [0.05, 0.1) is 4.92 Å². The Morgan fingerprint density at radius 1 is 1.36 bits per heavy atom. The molecule has 0 atom stereocenters. The number of nitrogens with one attached hydrogen (secondary N) is 1. The van der Waals surface area contributed by atoms with E-state index in [1.54, 1.807) is 26.0 Å². The van der Waals surface area contributed by atoms with Crippen molar-refractivity contribution in [1.29, 1.82) is 0 Å². The molecule has 1 aromatic rings. The van der Waals surface area contributed by atoms with Crippen LogP contribution in [-0.2, 0) is 14.3 Å². The maximum Gasteiger partial charge on any atom is 0.331 e. The summed E-state index contributed by atoms with van der Waals surface area (Å²) in [7, 11) is 0. The predicted molar refractivity (Wildman–Crippen MR) is 81.4 cm³/mol. The van der Waals surface area contributed by atoms with Crippen LogP contribution in [0.1, 0.15) is 12.5 Å². The number of allylic oxidation sites excluding steroid dienone is 3. The number of carbonyl (C=O) groups excluding carboxylic acids is 2. The van der Waals surface area contributed by atoms with Crippen LogP contribution in [0.2, 0.25) is 0 Å². The Bertz CT molecular complexity index is 635. The Labute approximate surface area is 127 Å². The van der Waals surface area contributed by atoms with Gasteiger partial charge in [0.15, 0.2) is 6.61 Å². The molecule has 0 unspecified atom stereocenters. The average molecular weight is 304 g/mol. The number of aryl methyl sites for hydroxylation is 1. The number of ether oxygens (including phenoxy) is 1. The van der Waals surface area contributed by atoms with Gasteiger partial charge in [0.2, 0.25) is 0 Å². The molecule has 0 aliphatic heterocycles. The van der Waals surface area contributed by atoms with E-state index in [1.807, 2.05) is 0 Å². The summed E-state index contributed by atoms with van der Waals surface area (Å²) in [6.07, 6.45) is 6.10. The summed E-state index contributed by atoms with van der Waals surface area (Å²) in [4.78, 5) is 33.0. The third-order valence-corrected chi connectivity index (χ3v) is 2.58. The molecule has 0 radical (unpaired) electrons. The van der Waals surface area contributed by atoms with Crippen molar-refractivity contribution in [2.24, 2.45) is 0 Å². The minimum atomic E-state index is -0.631. The van der Waals surface area contributed by atoms with Crippen molar-refractivity contribution in [3.05, 3.63) is 58.2 Å². The number of anilines is 1. The van der Waals surface area contributed by atoms with Gasteiger partial charge in [-0.2, -0.15) is 0 Å². The highest BCUT2D eigenvalue weighted by Gasteiger charge is 2.11. The highest BCUT2D eigenvalue weighted by molar-refractivity contribution is 5.94. The molecule has 1 N–H and O–H groups in total. The Kier molecular flexibility index (Phi) is 6.49. The standard InChI is InChI=1S/C15H16N2O5/c1-3-4-5-6-15(19)22-10-14(18)16-13-8-7-12(17(20)21)9-11(13)2/h3-9H,10H2,1-2H3,(H,16,18)/b4-3+,6-5+. The molecule has 0 aliphatic rings. The normalized spacial score (nSPS) is 10.8. The number of rotatable bonds is 6. The molecule has 0 saturated heterocycles. The lowest BCUT2D eigenvalue weighted by atomic mass is 10.2. The summed E-state index contributed by atoms with van der Waals surface area (Å²) in [6, 6.07) is 4.06. The monoisotopic (exact) mass is 304 g/mol. The van der Waals surface area contributed by atoms with Crippen LogP contribution in [0.5, 0.6) is 0 Å². The van der Waals surface area contributed by atoms with Gasteiger partial charge >= 0.3 is 5.97 Å². The lowest BCUT2D eigenvalue weighted by Crippen LogP contribution is -2.20. The molecule has 0 spiro atoms. The Morgan fingerprint density at radius 3 is 2.68 bits per heavy atom. The molecule has 0 fully saturated rings. The zero-order valence-corrected chi connectivity index (χ0v) is 12.2. The molecule has 0 heterocycles. The molecule has 116 valence electrons. The number of nitro groups is 1. The van der Waals surface area contributed by atoms with Crippen LogP contribution in [0.4, 0.5) is 11.4 Å². The first-order valence-electron chi connectivity index (χ1n) is 6.45. The van der Waals surface area contributed by atoms with Crippen LogP contribution in [-0.4, -0.2) is 23.4 Å². The van der Waals surface area contributed by atoms with Crippen molar-refractivity contribution in [2.75, 3.05) is 11.9 Å². The molecule has 0 bridgehead atoms. The number of carbonyl (C=O) groups is 2. The van der Waals surface area contributed by atoms with Crippen molar-refractivity contribution in [3.8, 4) is 0 Å². The topological polar surface area (TPSA) is 98.5 Å². The summed E-state index contributed by atoms with van der Waals surface area (Å²) in [5.74, 6) is -1.15. The van der Waals surface area contributed by atoms with Crippen molar-refractivity contribution < 1.29 is 19.2 Å². The third kappa shape index (κ3) is 5.58. The summed E-state index contributed by atoms with van der Waals surface area (Å²) in [6.45, 7) is 3.00. The molecule has 22 heavy (non-hydrogen) atoms. The molecular weight excluding hydrogens is 288 g/mol. The number of hydrogen-bond donors (Lipinski definition) is 1. The number of esters is 1. The maximum absolute atomic E-state index is 11.7. The molecule has 0 saturated carbocycles. The summed E-state index contributed by atoms with van der Waals surface area (Å²) in [5.41, 5.74) is 0.911. The number of benzene rings is 1. The first kappa shape index (κ1) is 17.1. The molecule has 0 aliphatic carbocycles. The summed E-state index contributed by atoms with van der Waals surface area (Å²) >= 11 is 0. The van der Waals surface area contributed by atoms with Crippen LogP contribution in [0.3, 0.4) is 0 Å². The average Bonchev–Trinajstić information content (AvgIpc) is 2.47. The lowest BCUT2D eigenvalue weighted by Gasteiger charge is -2.08. The van der Waals surface area contributed by atoms with Crippen LogP contribution >= 0.6 is 0 Å². The molecule has 1 amide bonds. The van der Waals surface area contributed by atoms with Crippen LogP contribution in [0, 0.1) is 17.0 Å². The predicted octanol–water partition coefficient (Wildman–Crippen LogP) is 2.52. The first-order chi connectivity index (χ1) is 10.4. The molecule has 0 aromatic heterocycles. The van der Waals surface area contributed by atoms with E-state index in [9.17, 15) is 19.7 Å². The summed E-state index contributed by atoms with van der Waals surface area (Å²) in [5, 5.41) is 13.1. The Morgan fingerprint density at radius 2 is 2.09 bits per heavy atom. The van der Waals surface area contributed by atoms with E-state index in [0.717, 1.165) is 0 Å². The highest BCUT2D eigenvalue weighted by Crippen LogP contribution is 2.20. The van der Waals surface area contributed by atoms with Gasteiger partial charge in [0.25, 0.3) is 11.6 Å². The molecule has 1 aromatic carbocycles. The minimum Gasteiger partial charge on any atom is -0.452 e. The fourth-order valence-corrected chi connectivity index (χ4v) is 1.52. The second kappa shape index (κ2) is 8.35. The summed E-state index contributed by atoms with van der Waals surface area (Å²) < 4.78 is 4.74. The first-order valence-corrected chi connectivity index (χ1v) is 6.45. The molecule has 1 rings (SSSR count). The van der Waals surface area contributed by atoms with Crippen molar-refractivity contribution in [2.45, 2.75) is 13.8 Å². The maximum atomic E-state index is 11.7. The highest BCUT2D eigenvalue weighted by atomic mass is 16.6. The molecule has 7 nitrogen and oxygen atoms in total. The molecular formula is C15H16N2O5. The molecule has 7 heteroatoms. The van der Waals surface area contributed by atoms with E-state index >= 15 is 0 Å². The van der Waals surface area contributed by atoms with Crippen LogP contribution < -0.4 is 5.32 Å². The van der Waals surface area contributed by atoms with E-state index in [4.69, 9.17) is 4.74 Å². The van der Waals surface area contributed by atoms with Gasteiger partial charge in [-0.15, -0.1) is 0 Å². The smallest absolute Gasteiger partial charge is 0.331 e. The van der Waals surface area contributed by atoms with E-state index in [1.165, 1.54) is 30.4 Å². The van der Waals surface area contributed by atoms with Crippen LogP contribution in [0.15, 0.2) is 42.5 Å². The van der Waals surface area contributed by atoms with Gasteiger partial charge in [0.1, 0.15) is 0 Å². The number of non-ortho nitro benzene ring substituents is 1. The third-order valence-electron chi connectivity index (χ3n) is 2.58. The van der Waals surface area contributed by atoms with Crippen molar-refractivity contribution >= 4 is 23.3 Å². The number of nitro benzene ring substituents is 1. The second-order valence-electron chi connectivity index (χ2n) is 4.30. The fourth-order valence-electron chi connectivity index (χ4n) is 1.52. The van der Waals surface area contributed by atoms with E-state index in [2.05, 4.69) is 5.32 Å². The van der Waals surface area contributed by atoms with Crippen molar-refractivity contribution in [1.82, 2.24) is 0 Å². The zero-order valence-electron chi connectivity index (χ0n) is 12.2. The van der Waals surface area contributed by atoms with Gasteiger partial charge < -0.3 is 10.1 Å². The Balaban J connectivity index is 2.55. The fraction of sp³-hybridized carbons (Fsp3) is 0.200. The quantitative estimate of drug-likeness (QED) is 0.286. The largest absolute Gasteiger partial charge is 0.452 e. The zero-order chi connectivity index (χ0) is 16.5. The van der Waals surface area contributed by atoms with Crippen molar-refractivity contribution in [3.63, 3.8) is 0 Å². The van der Waals surface area contributed by atoms with Gasteiger partial charge in [-0.3, -0.25) is 14.9 Å². The lowest BCUT2D eigenvalue weighted by molar-refractivity contribution is -0.384. The Hall–Kier alpha value is -2.96. The number of nitrogens with zero attached hydrogens (tertiary/aromatic N) is 1.